The molecule has 4 heteroatoms. The first-order valence-corrected chi connectivity index (χ1v) is 8.60. The van der Waals surface area contributed by atoms with E-state index in [1.165, 1.54) is 16.7 Å². The molecule has 1 aliphatic heterocycles. The number of ether oxygens (including phenoxy) is 2. The summed E-state index contributed by atoms with van der Waals surface area (Å²) >= 11 is 0. The van der Waals surface area contributed by atoms with Crippen LogP contribution >= 0.6 is 0 Å². The van der Waals surface area contributed by atoms with Gasteiger partial charge in [0.1, 0.15) is 0 Å². The molecule has 0 aliphatic carbocycles. The molecule has 2 aromatic carbocycles. The fraction of sp³-hybridized carbons (Fsp3) is 0.286. The largest absolute Gasteiger partial charge is 0.342 e. The normalized spacial score (nSPS) is 23.0. The summed E-state index contributed by atoms with van der Waals surface area (Å²) in [4.78, 5) is 4.12. The predicted molar refractivity (Wildman–Crippen MR) is 97.0 cm³/mol. The van der Waals surface area contributed by atoms with Crippen molar-refractivity contribution in [2.75, 3.05) is 6.61 Å². The Bertz CT molecular complexity index is 825. The van der Waals surface area contributed by atoms with Crippen LogP contribution in [0.1, 0.15) is 18.1 Å². The third kappa shape index (κ3) is 3.23. The average Bonchev–Trinajstić information content (AvgIpc) is 3.26. The Labute approximate surface area is 148 Å². The molecule has 128 valence electrons. The molecule has 0 N–H and O–H groups in total. The van der Waals surface area contributed by atoms with E-state index in [-0.39, 0.29) is 6.10 Å². The molecule has 1 saturated heterocycles. The van der Waals surface area contributed by atoms with Crippen molar-refractivity contribution in [2.45, 2.75) is 32.3 Å². The van der Waals surface area contributed by atoms with Crippen LogP contribution in [0.15, 0.2) is 67.3 Å². The van der Waals surface area contributed by atoms with Gasteiger partial charge in [-0.15, -0.1) is 0 Å². The number of hydrogen-bond donors (Lipinski definition) is 0. The Morgan fingerprint density at radius 2 is 1.76 bits per heavy atom. The number of rotatable bonds is 4. The van der Waals surface area contributed by atoms with Gasteiger partial charge in [0, 0.05) is 18.0 Å². The first-order valence-electron chi connectivity index (χ1n) is 8.60. The standard InChI is InChI=1S/C21H22N2O2/c1-16-3-5-18(6-4-16)19-7-9-20(10-8-19)21(24-13-17(2)25-21)14-23-12-11-22-15-23/h3-12,15,17H,13-14H2,1-2H3. The minimum atomic E-state index is -0.758. The summed E-state index contributed by atoms with van der Waals surface area (Å²) in [5.41, 5.74) is 4.69. The van der Waals surface area contributed by atoms with Gasteiger partial charge in [-0.2, -0.15) is 0 Å². The minimum Gasteiger partial charge on any atom is -0.342 e. The van der Waals surface area contributed by atoms with E-state index < -0.39 is 5.79 Å². The van der Waals surface area contributed by atoms with E-state index in [0.717, 1.165) is 5.56 Å². The Balaban J connectivity index is 1.65. The van der Waals surface area contributed by atoms with E-state index in [0.29, 0.717) is 13.2 Å². The Morgan fingerprint density at radius 3 is 2.32 bits per heavy atom. The quantitative estimate of drug-likeness (QED) is 0.719. The smallest absolute Gasteiger partial charge is 0.213 e. The molecule has 1 aliphatic rings. The Hall–Kier alpha value is -2.43. The van der Waals surface area contributed by atoms with Gasteiger partial charge < -0.3 is 14.0 Å². The maximum atomic E-state index is 6.20. The molecule has 0 radical (unpaired) electrons. The average molecular weight is 334 g/mol. The molecular formula is C21H22N2O2. The summed E-state index contributed by atoms with van der Waals surface area (Å²) in [6, 6.07) is 17.0. The first-order chi connectivity index (χ1) is 12.1. The summed E-state index contributed by atoms with van der Waals surface area (Å²) in [5.74, 6) is -0.758. The number of aryl methyl sites for hydroxylation is 1. The zero-order chi connectivity index (χ0) is 17.3. The van der Waals surface area contributed by atoms with Gasteiger partial charge in [-0.25, -0.2) is 4.98 Å². The second kappa shape index (κ2) is 6.47. The third-order valence-electron chi connectivity index (χ3n) is 4.60. The van der Waals surface area contributed by atoms with Crippen molar-refractivity contribution in [1.29, 1.82) is 0 Å². The summed E-state index contributed by atoms with van der Waals surface area (Å²) in [6.07, 6.45) is 5.56. The highest BCUT2D eigenvalue weighted by molar-refractivity contribution is 5.64. The number of benzene rings is 2. The Kier molecular flexibility index (Phi) is 4.15. The molecule has 0 amide bonds. The van der Waals surface area contributed by atoms with Crippen LogP contribution in [-0.4, -0.2) is 22.3 Å². The van der Waals surface area contributed by atoms with Crippen LogP contribution < -0.4 is 0 Å². The van der Waals surface area contributed by atoms with Crippen LogP contribution in [0.25, 0.3) is 11.1 Å². The number of aromatic nitrogens is 2. The fourth-order valence-electron chi connectivity index (χ4n) is 3.25. The Morgan fingerprint density at radius 1 is 1.08 bits per heavy atom. The van der Waals surface area contributed by atoms with Gasteiger partial charge >= 0.3 is 0 Å². The van der Waals surface area contributed by atoms with Crippen LogP contribution in [-0.2, 0) is 21.8 Å². The highest BCUT2D eigenvalue weighted by Crippen LogP contribution is 2.36. The van der Waals surface area contributed by atoms with Crippen LogP contribution in [0, 0.1) is 6.92 Å². The van der Waals surface area contributed by atoms with Crippen molar-refractivity contribution in [3.8, 4) is 11.1 Å². The lowest BCUT2D eigenvalue weighted by atomic mass is 9.99. The van der Waals surface area contributed by atoms with Crippen LogP contribution in [0.4, 0.5) is 0 Å². The molecule has 4 rings (SSSR count). The topological polar surface area (TPSA) is 36.3 Å². The van der Waals surface area contributed by atoms with Crippen LogP contribution in [0.5, 0.6) is 0 Å². The second-order valence-corrected chi connectivity index (χ2v) is 6.67. The molecule has 4 nitrogen and oxygen atoms in total. The maximum absolute atomic E-state index is 6.20. The lowest BCUT2D eigenvalue weighted by molar-refractivity contribution is -0.185. The minimum absolute atomic E-state index is 0.0697. The van der Waals surface area contributed by atoms with Crippen molar-refractivity contribution < 1.29 is 9.47 Å². The zero-order valence-electron chi connectivity index (χ0n) is 14.6. The second-order valence-electron chi connectivity index (χ2n) is 6.67. The zero-order valence-corrected chi connectivity index (χ0v) is 14.6. The predicted octanol–water partition coefficient (Wildman–Crippen LogP) is 4.15. The van der Waals surface area contributed by atoms with Crippen LogP contribution in [0.2, 0.25) is 0 Å². The van der Waals surface area contributed by atoms with E-state index in [1.54, 1.807) is 12.5 Å². The van der Waals surface area contributed by atoms with Crippen molar-refractivity contribution in [1.82, 2.24) is 9.55 Å². The SMILES string of the molecule is Cc1ccc(-c2ccc(C3(Cn4ccnc4)OCC(C)O3)cc2)cc1. The highest BCUT2D eigenvalue weighted by Gasteiger charge is 2.42. The van der Waals surface area contributed by atoms with Gasteiger partial charge in [0.25, 0.3) is 0 Å². The van der Waals surface area contributed by atoms with Gasteiger partial charge in [0.15, 0.2) is 0 Å². The fourth-order valence-corrected chi connectivity index (χ4v) is 3.25. The lowest BCUT2D eigenvalue weighted by Gasteiger charge is -2.29. The van der Waals surface area contributed by atoms with Crippen molar-refractivity contribution in [3.05, 3.63) is 78.4 Å². The number of hydrogen-bond acceptors (Lipinski definition) is 3. The van der Waals surface area contributed by atoms with Crippen molar-refractivity contribution >= 4 is 0 Å². The number of nitrogens with zero attached hydrogens (tertiary/aromatic N) is 2. The van der Waals surface area contributed by atoms with E-state index in [9.17, 15) is 0 Å². The maximum Gasteiger partial charge on any atom is 0.213 e. The van der Waals surface area contributed by atoms with E-state index in [1.807, 2.05) is 17.7 Å². The lowest BCUT2D eigenvalue weighted by Crippen LogP contribution is -2.33. The highest BCUT2D eigenvalue weighted by atomic mass is 16.7. The molecule has 0 saturated carbocycles. The molecule has 3 aromatic rings. The molecular weight excluding hydrogens is 312 g/mol. The monoisotopic (exact) mass is 334 g/mol. The van der Waals surface area contributed by atoms with Gasteiger partial charge in [0.05, 0.1) is 25.6 Å². The molecule has 1 fully saturated rings. The molecule has 0 spiro atoms. The summed E-state index contributed by atoms with van der Waals surface area (Å²) < 4.78 is 14.3. The third-order valence-corrected chi connectivity index (χ3v) is 4.60. The van der Waals surface area contributed by atoms with E-state index in [2.05, 4.69) is 60.4 Å². The van der Waals surface area contributed by atoms with E-state index in [4.69, 9.17) is 9.47 Å². The molecule has 2 heterocycles. The van der Waals surface area contributed by atoms with Gasteiger partial charge in [-0.1, -0.05) is 54.1 Å². The summed E-state index contributed by atoms with van der Waals surface area (Å²) in [7, 11) is 0. The molecule has 2 unspecified atom stereocenters. The van der Waals surface area contributed by atoms with E-state index >= 15 is 0 Å². The molecule has 1 aromatic heterocycles. The van der Waals surface area contributed by atoms with Gasteiger partial charge in [0.2, 0.25) is 5.79 Å². The summed E-state index contributed by atoms with van der Waals surface area (Å²) in [6.45, 7) is 5.31. The van der Waals surface area contributed by atoms with Gasteiger partial charge in [-0.05, 0) is 25.0 Å². The molecule has 0 bridgehead atoms. The number of imidazole rings is 1. The van der Waals surface area contributed by atoms with Crippen LogP contribution in [0.3, 0.4) is 0 Å². The molecule has 25 heavy (non-hydrogen) atoms. The summed E-state index contributed by atoms with van der Waals surface area (Å²) in [5, 5.41) is 0. The van der Waals surface area contributed by atoms with Gasteiger partial charge in [-0.3, -0.25) is 0 Å². The van der Waals surface area contributed by atoms with Crippen molar-refractivity contribution in [3.63, 3.8) is 0 Å². The van der Waals surface area contributed by atoms with Crippen molar-refractivity contribution in [2.24, 2.45) is 0 Å². The molecule has 2 atom stereocenters. The first kappa shape index (κ1) is 16.1.